The van der Waals surface area contributed by atoms with Crippen molar-refractivity contribution in [3.8, 4) is 16.9 Å². The Balaban J connectivity index is 1.20. The fourth-order valence-electron chi connectivity index (χ4n) is 5.24. The zero-order chi connectivity index (χ0) is 26.4. The van der Waals surface area contributed by atoms with Gasteiger partial charge in [0, 0.05) is 74.3 Å². The second-order valence-corrected chi connectivity index (χ2v) is 10.1. The minimum absolute atomic E-state index is 0.584. The summed E-state index contributed by atoms with van der Waals surface area (Å²) in [6, 6.07) is 21.1. The Bertz CT molecular complexity index is 1400. The summed E-state index contributed by atoms with van der Waals surface area (Å²) in [5.74, 6) is 1.46. The lowest BCUT2D eigenvalue weighted by molar-refractivity contribution is 0.0322. The van der Waals surface area contributed by atoms with Gasteiger partial charge in [0.25, 0.3) is 0 Å². The van der Waals surface area contributed by atoms with E-state index in [0.717, 1.165) is 92.5 Å². The number of ether oxygens (including phenoxy) is 2. The second-order valence-electron chi connectivity index (χ2n) is 10.1. The van der Waals surface area contributed by atoms with Gasteiger partial charge in [-0.2, -0.15) is 0 Å². The van der Waals surface area contributed by atoms with Crippen molar-refractivity contribution in [2.24, 2.45) is 0 Å². The maximum Gasteiger partial charge on any atom is 0.227 e. The molecule has 2 fully saturated rings. The van der Waals surface area contributed by atoms with Crippen LogP contribution in [0.2, 0.25) is 0 Å². The summed E-state index contributed by atoms with van der Waals surface area (Å²) in [7, 11) is 0. The van der Waals surface area contributed by atoms with Gasteiger partial charge in [0.15, 0.2) is 0 Å². The summed E-state index contributed by atoms with van der Waals surface area (Å²) >= 11 is 0. The van der Waals surface area contributed by atoms with E-state index >= 15 is 0 Å². The third kappa shape index (κ3) is 6.14. The first-order valence-electron chi connectivity index (χ1n) is 13.9. The van der Waals surface area contributed by atoms with Gasteiger partial charge in [0.1, 0.15) is 12.4 Å². The Morgan fingerprint density at radius 3 is 2.59 bits per heavy atom. The minimum atomic E-state index is 0.584. The fourth-order valence-corrected chi connectivity index (χ4v) is 5.24. The average Bonchev–Trinajstić information content (AvgIpc) is 2.99. The van der Waals surface area contributed by atoms with Gasteiger partial charge in [-0.3, -0.25) is 4.90 Å². The van der Waals surface area contributed by atoms with Gasteiger partial charge in [-0.1, -0.05) is 24.3 Å². The van der Waals surface area contributed by atoms with Crippen LogP contribution in [-0.2, 0) is 4.74 Å². The molecule has 0 unspecified atom stereocenters. The quantitative estimate of drug-likeness (QED) is 0.350. The summed E-state index contributed by atoms with van der Waals surface area (Å²) in [4.78, 5) is 14.3. The van der Waals surface area contributed by atoms with E-state index in [0.29, 0.717) is 12.6 Å². The number of hydrogen-bond acceptors (Lipinski definition) is 8. The van der Waals surface area contributed by atoms with Crippen LogP contribution >= 0.6 is 0 Å². The molecule has 39 heavy (non-hydrogen) atoms. The maximum absolute atomic E-state index is 6.16. The van der Waals surface area contributed by atoms with Crippen LogP contribution in [-0.4, -0.2) is 80.5 Å². The number of para-hydroxylation sites is 1. The number of piperazine rings is 1. The van der Waals surface area contributed by atoms with Gasteiger partial charge in [-0.15, -0.1) is 0 Å². The third-order valence-corrected chi connectivity index (χ3v) is 7.50. The van der Waals surface area contributed by atoms with E-state index in [4.69, 9.17) is 14.5 Å². The molecule has 8 nitrogen and oxygen atoms in total. The number of nitrogens with zero attached hydrogens (tertiary/aromatic N) is 4. The molecule has 1 aromatic heterocycles. The van der Waals surface area contributed by atoms with Crippen LogP contribution in [0.3, 0.4) is 0 Å². The summed E-state index contributed by atoms with van der Waals surface area (Å²) in [5.41, 5.74) is 6.50. The van der Waals surface area contributed by atoms with Gasteiger partial charge >= 0.3 is 0 Å². The normalized spacial score (nSPS) is 16.4. The molecule has 0 bridgehead atoms. The van der Waals surface area contributed by atoms with Crippen molar-refractivity contribution in [3.05, 3.63) is 72.4 Å². The van der Waals surface area contributed by atoms with Crippen molar-refractivity contribution >= 4 is 28.2 Å². The lowest BCUT2D eigenvalue weighted by atomic mass is 9.98. The van der Waals surface area contributed by atoms with Gasteiger partial charge in [0.2, 0.25) is 5.95 Å². The molecule has 0 spiro atoms. The molecule has 8 heteroatoms. The molecule has 0 amide bonds. The third-order valence-electron chi connectivity index (χ3n) is 7.50. The first-order valence-corrected chi connectivity index (χ1v) is 13.9. The molecule has 3 heterocycles. The van der Waals surface area contributed by atoms with E-state index in [-0.39, 0.29) is 0 Å². The molecule has 0 aliphatic carbocycles. The Morgan fingerprint density at radius 1 is 0.949 bits per heavy atom. The fraction of sp³-hybridized carbons (Fsp3) is 0.355. The standard InChI is InChI=1S/C31H36N6O2/c1-23-5-10-27(39-20-17-36-15-18-38-19-16-36)21-29(23)28-4-2-3-24-22-33-31(35-30(24)28)34-25-6-8-26(9-7-25)37-13-11-32-12-14-37/h2-10,21-22,32H,11-20H2,1H3,(H,33,34,35). The number of nitrogens with one attached hydrogen (secondary N) is 2. The maximum atomic E-state index is 6.16. The van der Waals surface area contributed by atoms with Crippen LogP contribution < -0.4 is 20.3 Å². The zero-order valence-corrected chi connectivity index (χ0v) is 22.5. The smallest absolute Gasteiger partial charge is 0.227 e. The number of aryl methyl sites for hydroxylation is 1. The molecule has 202 valence electrons. The Hall–Kier alpha value is -3.72. The van der Waals surface area contributed by atoms with E-state index in [9.17, 15) is 0 Å². The first kappa shape index (κ1) is 25.6. The molecule has 6 rings (SSSR count). The van der Waals surface area contributed by atoms with Crippen molar-refractivity contribution in [3.63, 3.8) is 0 Å². The van der Waals surface area contributed by atoms with E-state index < -0.39 is 0 Å². The topological polar surface area (TPSA) is 74.8 Å². The second kappa shape index (κ2) is 12.0. The average molecular weight is 525 g/mol. The first-order chi connectivity index (χ1) is 19.2. The van der Waals surface area contributed by atoms with Crippen molar-refractivity contribution in [1.82, 2.24) is 20.2 Å². The highest BCUT2D eigenvalue weighted by Gasteiger charge is 2.14. The largest absolute Gasteiger partial charge is 0.492 e. The molecule has 3 aromatic carbocycles. The van der Waals surface area contributed by atoms with Gasteiger partial charge in [-0.25, -0.2) is 9.97 Å². The number of morpholine rings is 1. The number of hydrogen-bond donors (Lipinski definition) is 2. The molecule has 0 saturated carbocycles. The molecule has 0 atom stereocenters. The number of benzene rings is 3. The van der Waals surface area contributed by atoms with Crippen LogP contribution in [0.5, 0.6) is 5.75 Å². The van der Waals surface area contributed by atoms with Crippen LogP contribution in [0, 0.1) is 6.92 Å². The van der Waals surface area contributed by atoms with E-state index in [1.54, 1.807) is 0 Å². The van der Waals surface area contributed by atoms with Crippen LogP contribution in [0.4, 0.5) is 17.3 Å². The van der Waals surface area contributed by atoms with Crippen molar-refractivity contribution in [2.75, 3.05) is 75.9 Å². The SMILES string of the molecule is Cc1ccc(OCCN2CCOCC2)cc1-c1cccc2cnc(Nc3ccc(N4CCNCC4)cc3)nc12. The predicted molar refractivity (Wildman–Crippen MR) is 157 cm³/mol. The summed E-state index contributed by atoms with van der Waals surface area (Å²) in [5, 5.41) is 7.81. The van der Waals surface area contributed by atoms with E-state index in [2.05, 4.69) is 93.0 Å². The summed E-state index contributed by atoms with van der Waals surface area (Å²) in [6.45, 7) is 11.3. The number of aromatic nitrogens is 2. The monoisotopic (exact) mass is 524 g/mol. The molecule has 2 aliphatic rings. The Kier molecular flexibility index (Phi) is 7.85. The molecule has 2 saturated heterocycles. The molecule has 2 aliphatic heterocycles. The molecule has 2 N–H and O–H groups in total. The zero-order valence-electron chi connectivity index (χ0n) is 22.5. The van der Waals surface area contributed by atoms with Crippen molar-refractivity contribution < 1.29 is 9.47 Å². The number of anilines is 3. The molecular weight excluding hydrogens is 488 g/mol. The minimum Gasteiger partial charge on any atom is -0.492 e. The molecule has 4 aromatic rings. The van der Waals surface area contributed by atoms with E-state index in [1.807, 2.05) is 6.20 Å². The number of fused-ring (bicyclic) bond motifs is 1. The van der Waals surface area contributed by atoms with Crippen molar-refractivity contribution in [1.29, 1.82) is 0 Å². The predicted octanol–water partition coefficient (Wildman–Crippen LogP) is 4.47. The van der Waals surface area contributed by atoms with Gasteiger partial charge in [0.05, 0.1) is 18.7 Å². The Morgan fingerprint density at radius 2 is 1.77 bits per heavy atom. The van der Waals surface area contributed by atoms with Crippen LogP contribution in [0.25, 0.3) is 22.0 Å². The highest BCUT2D eigenvalue weighted by Crippen LogP contribution is 2.33. The highest BCUT2D eigenvalue weighted by atomic mass is 16.5. The molecule has 0 radical (unpaired) electrons. The summed E-state index contributed by atoms with van der Waals surface area (Å²) in [6.07, 6.45) is 1.89. The summed E-state index contributed by atoms with van der Waals surface area (Å²) < 4.78 is 11.6. The lowest BCUT2D eigenvalue weighted by Gasteiger charge is -2.29. The van der Waals surface area contributed by atoms with Crippen molar-refractivity contribution in [2.45, 2.75) is 6.92 Å². The highest BCUT2D eigenvalue weighted by molar-refractivity contribution is 5.95. The van der Waals surface area contributed by atoms with Crippen LogP contribution in [0.1, 0.15) is 5.56 Å². The molecular formula is C31H36N6O2. The van der Waals surface area contributed by atoms with E-state index in [1.165, 1.54) is 11.3 Å². The Labute approximate surface area is 230 Å². The van der Waals surface area contributed by atoms with Gasteiger partial charge < -0.3 is 25.0 Å². The van der Waals surface area contributed by atoms with Crippen LogP contribution in [0.15, 0.2) is 66.9 Å². The lowest BCUT2D eigenvalue weighted by Crippen LogP contribution is -2.43. The van der Waals surface area contributed by atoms with Gasteiger partial charge in [-0.05, 0) is 54.4 Å². The number of rotatable bonds is 8.